The van der Waals surface area contributed by atoms with E-state index in [-0.39, 0.29) is 17.9 Å². The van der Waals surface area contributed by atoms with Gasteiger partial charge in [-0.15, -0.1) is 0 Å². The van der Waals surface area contributed by atoms with Crippen molar-refractivity contribution in [2.45, 2.75) is 19.8 Å². The number of nitrogens with zero attached hydrogens (tertiary/aromatic N) is 1. The lowest BCUT2D eigenvalue weighted by atomic mass is 9.97. The Kier molecular flexibility index (Phi) is 6.30. The van der Waals surface area contributed by atoms with Crippen molar-refractivity contribution in [1.29, 1.82) is 0 Å². The minimum Gasteiger partial charge on any atom is -0.450 e. The molecule has 142 valence electrons. The van der Waals surface area contributed by atoms with Gasteiger partial charge >= 0.3 is 6.09 Å². The number of amides is 2. The lowest BCUT2D eigenvalue weighted by molar-refractivity contribution is -0.121. The van der Waals surface area contributed by atoms with Gasteiger partial charge in [-0.1, -0.05) is 18.2 Å². The van der Waals surface area contributed by atoms with Crippen molar-refractivity contribution >= 4 is 29.1 Å². The van der Waals surface area contributed by atoms with Crippen LogP contribution >= 0.6 is 0 Å². The first-order chi connectivity index (χ1) is 13.2. The van der Waals surface area contributed by atoms with E-state index in [0.29, 0.717) is 19.7 Å². The second-order valence-electron chi connectivity index (χ2n) is 6.54. The van der Waals surface area contributed by atoms with Crippen LogP contribution in [0.25, 0.3) is 0 Å². The van der Waals surface area contributed by atoms with Crippen LogP contribution in [0.15, 0.2) is 54.6 Å². The standard InChI is InChI=1S/C21H25N3O3/c1-2-27-21(26)24-14-6-7-16(15-24)20(25)23-19-12-10-18(11-13-19)22-17-8-4-3-5-9-17/h3-5,8-13,16,22H,2,6-7,14-15H2,1H3,(H,23,25)/t16-/m1/s1. The molecule has 1 aliphatic heterocycles. The van der Waals surface area contributed by atoms with Gasteiger partial charge in [-0.2, -0.15) is 0 Å². The fourth-order valence-electron chi connectivity index (χ4n) is 3.14. The van der Waals surface area contributed by atoms with E-state index in [1.807, 2.05) is 54.6 Å². The highest BCUT2D eigenvalue weighted by Gasteiger charge is 2.29. The number of ether oxygens (including phenoxy) is 1. The zero-order chi connectivity index (χ0) is 19.1. The third kappa shape index (κ3) is 5.23. The molecule has 2 amide bonds. The van der Waals surface area contributed by atoms with E-state index >= 15 is 0 Å². The molecule has 6 nitrogen and oxygen atoms in total. The monoisotopic (exact) mass is 367 g/mol. The lowest BCUT2D eigenvalue weighted by Crippen LogP contribution is -2.44. The van der Waals surface area contributed by atoms with Gasteiger partial charge in [0.05, 0.1) is 12.5 Å². The molecule has 1 saturated heterocycles. The predicted molar refractivity (Wildman–Crippen MR) is 106 cm³/mol. The van der Waals surface area contributed by atoms with Crippen LogP contribution < -0.4 is 10.6 Å². The van der Waals surface area contributed by atoms with Crippen LogP contribution in [0.4, 0.5) is 21.9 Å². The van der Waals surface area contributed by atoms with E-state index in [0.717, 1.165) is 29.9 Å². The van der Waals surface area contributed by atoms with Crippen molar-refractivity contribution in [2.24, 2.45) is 5.92 Å². The molecule has 1 heterocycles. The van der Waals surface area contributed by atoms with Gasteiger partial charge in [-0.25, -0.2) is 4.79 Å². The van der Waals surface area contributed by atoms with E-state index < -0.39 is 0 Å². The third-order valence-corrected chi connectivity index (χ3v) is 4.53. The van der Waals surface area contributed by atoms with Gasteiger partial charge in [0.2, 0.25) is 5.91 Å². The number of rotatable bonds is 5. The van der Waals surface area contributed by atoms with Crippen molar-refractivity contribution < 1.29 is 14.3 Å². The summed E-state index contributed by atoms with van der Waals surface area (Å²) < 4.78 is 5.04. The third-order valence-electron chi connectivity index (χ3n) is 4.53. The van der Waals surface area contributed by atoms with Crippen LogP contribution in [0.2, 0.25) is 0 Å². The first-order valence-corrected chi connectivity index (χ1v) is 9.30. The Labute approximate surface area is 159 Å². The van der Waals surface area contributed by atoms with E-state index in [2.05, 4.69) is 10.6 Å². The number of hydrogen-bond acceptors (Lipinski definition) is 4. The van der Waals surface area contributed by atoms with Crippen LogP contribution in [0.1, 0.15) is 19.8 Å². The number of piperidine rings is 1. The molecule has 2 aromatic carbocycles. The Hall–Kier alpha value is -3.02. The van der Waals surface area contributed by atoms with Gasteiger partial charge in [0.25, 0.3) is 0 Å². The Bertz CT molecular complexity index is 762. The molecular formula is C21H25N3O3. The number of hydrogen-bond donors (Lipinski definition) is 2. The smallest absolute Gasteiger partial charge is 0.409 e. The Balaban J connectivity index is 1.55. The minimum atomic E-state index is -0.341. The molecule has 1 aliphatic rings. The highest BCUT2D eigenvalue weighted by molar-refractivity contribution is 5.93. The summed E-state index contributed by atoms with van der Waals surface area (Å²) in [7, 11) is 0. The molecule has 6 heteroatoms. The first-order valence-electron chi connectivity index (χ1n) is 9.30. The van der Waals surface area contributed by atoms with Gasteiger partial charge in [-0.3, -0.25) is 4.79 Å². The summed E-state index contributed by atoms with van der Waals surface area (Å²) in [5.74, 6) is -0.280. The number of carbonyl (C=O) groups is 2. The zero-order valence-corrected chi connectivity index (χ0v) is 15.5. The lowest BCUT2D eigenvalue weighted by Gasteiger charge is -2.31. The number of likely N-dealkylation sites (tertiary alicyclic amines) is 1. The van der Waals surface area contributed by atoms with Gasteiger partial charge in [0.15, 0.2) is 0 Å². The maximum absolute atomic E-state index is 12.6. The number of nitrogens with one attached hydrogen (secondary N) is 2. The Morgan fingerprint density at radius 3 is 2.41 bits per heavy atom. The van der Waals surface area contributed by atoms with E-state index in [1.54, 1.807) is 11.8 Å². The summed E-state index contributed by atoms with van der Waals surface area (Å²) in [6, 6.07) is 17.5. The average Bonchev–Trinajstić information content (AvgIpc) is 2.70. The molecule has 1 fully saturated rings. The fourth-order valence-corrected chi connectivity index (χ4v) is 3.14. The van der Waals surface area contributed by atoms with Crippen molar-refractivity contribution in [3.8, 4) is 0 Å². The maximum atomic E-state index is 12.6. The second-order valence-corrected chi connectivity index (χ2v) is 6.54. The Morgan fingerprint density at radius 2 is 1.70 bits per heavy atom. The summed E-state index contributed by atoms with van der Waals surface area (Å²) in [6.07, 6.45) is 1.23. The largest absolute Gasteiger partial charge is 0.450 e. The summed E-state index contributed by atoms with van der Waals surface area (Å²) >= 11 is 0. The SMILES string of the molecule is CCOC(=O)N1CCC[C@@H](C(=O)Nc2ccc(Nc3ccccc3)cc2)C1. The molecule has 0 radical (unpaired) electrons. The van der Waals surface area contributed by atoms with Crippen molar-refractivity contribution in [1.82, 2.24) is 4.90 Å². The molecule has 0 saturated carbocycles. The Morgan fingerprint density at radius 1 is 1.04 bits per heavy atom. The van der Waals surface area contributed by atoms with Crippen LogP contribution in [0, 0.1) is 5.92 Å². The average molecular weight is 367 g/mol. The van der Waals surface area contributed by atoms with Crippen molar-refractivity contribution in [2.75, 3.05) is 30.3 Å². The van der Waals surface area contributed by atoms with Gasteiger partial charge in [0, 0.05) is 30.2 Å². The number of anilines is 3. The van der Waals surface area contributed by atoms with Crippen LogP contribution in [-0.2, 0) is 9.53 Å². The normalized spacial score (nSPS) is 16.5. The summed E-state index contributed by atoms with van der Waals surface area (Å²) in [5, 5.41) is 6.26. The molecule has 0 unspecified atom stereocenters. The van der Waals surface area contributed by atoms with Gasteiger partial charge < -0.3 is 20.3 Å². The molecule has 0 aliphatic carbocycles. The van der Waals surface area contributed by atoms with Crippen molar-refractivity contribution in [3.63, 3.8) is 0 Å². The molecule has 27 heavy (non-hydrogen) atoms. The van der Waals surface area contributed by atoms with Crippen molar-refractivity contribution in [3.05, 3.63) is 54.6 Å². The molecule has 2 aromatic rings. The molecule has 0 aromatic heterocycles. The highest BCUT2D eigenvalue weighted by Crippen LogP contribution is 2.22. The van der Waals surface area contributed by atoms with Crippen LogP contribution in [0.5, 0.6) is 0 Å². The van der Waals surface area contributed by atoms with Gasteiger partial charge in [-0.05, 0) is 56.2 Å². The van der Waals surface area contributed by atoms with E-state index in [9.17, 15) is 9.59 Å². The number of benzene rings is 2. The molecular weight excluding hydrogens is 342 g/mol. The zero-order valence-electron chi connectivity index (χ0n) is 15.5. The minimum absolute atomic E-state index is 0.0623. The molecule has 3 rings (SSSR count). The number of para-hydroxylation sites is 1. The summed E-state index contributed by atoms with van der Waals surface area (Å²) in [6.45, 7) is 3.17. The van der Waals surface area contributed by atoms with Crippen LogP contribution in [0.3, 0.4) is 0 Å². The van der Waals surface area contributed by atoms with Gasteiger partial charge in [0.1, 0.15) is 0 Å². The first kappa shape index (κ1) is 18.8. The van der Waals surface area contributed by atoms with Crippen LogP contribution in [-0.4, -0.2) is 36.6 Å². The number of carbonyl (C=O) groups excluding carboxylic acids is 2. The predicted octanol–water partition coefficient (Wildman–Crippen LogP) is 4.24. The quantitative estimate of drug-likeness (QED) is 0.829. The maximum Gasteiger partial charge on any atom is 0.409 e. The summed E-state index contributed by atoms with van der Waals surface area (Å²) in [5.41, 5.74) is 2.70. The topological polar surface area (TPSA) is 70.7 Å². The molecule has 2 N–H and O–H groups in total. The van der Waals surface area contributed by atoms with E-state index in [4.69, 9.17) is 4.74 Å². The highest BCUT2D eigenvalue weighted by atomic mass is 16.6. The molecule has 0 bridgehead atoms. The molecule has 0 spiro atoms. The fraction of sp³-hybridized carbons (Fsp3) is 0.333. The second kappa shape index (κ2) is 9.07. The summed E-state index contributed by atoms with van der Waals surface area (Å²) in [4.78, 5) is 26.1. The molecule has 1 atom stereocenters. The van der Waals surface area contributed by atoms with E-state index in [1.165, 1.54) is 0 Å².